The van der Waals surface area contributed by atoms with Crippen molar-refractivity contribution in [2.75, 3.05) is 11.4 Å². The van der Waals surface area contributed by atoms with Crippen LogP contribution < -0.4 is 10.6 Å². The van der Waals surface area contributed by atoms with Crippen molar-refractivity contribution in [2.45, 2.75) is 20.4 Å². The molecule has 2 rings (SSSR count). The average molecular weight is 302 g/mol. The van der Waals surface area contributed by atoms with Gasteiger partial charge in [-0.2, -0.15) is 0 Å². The normalized spacial score (nSPS) is 10.4. The molecule has 0 radical (unpaired) electrons. The second-order valence-electron chi connectivity index (χ2n) is 5.02. The van der Waals surface area contributed by atoms with Gasteiger partial charge in [0.25, 0.3) is 0 Å². The van der Waals surface area contributed by atoms with Crippen molar-refractivity contribution in [3.63, 3.8) is 0 Å². The lowest BCUT2D eigenvalue weighted by Crippen LogP contribution is -2.24. The third kappa shape index (κ3) is 3.79. The molecule has 0 unspecified atom stereocenters. The quantitative estimate of drug-likeness (QED) is 0.852. The SMILES string of the molecule is CCN(Cc1cc(F)ccc1C(N)=S)c1ccc(C)cc1. The summed E-state index contributed by atoms with van der Waals surface area (Å²) in [7, 11) is 0. The van der Waals surface area contributed by atoms with Crippen LogP contribution in [0.1, 0.15) is 23.6 Å². The van der Waals surface area contributed by atoms with Crippen LogP contribution in [0.2, 0.25) is 0 Å². The van der Waals surface area contributed by atoms with Gasteiger partial charge < -0.3 is 10.6 Å². The van der Waals surface area contributed by atoms with Gasteiger partial charge in [-0.25, -0.2) is 4.39 Å². The third-order valence-electron chi connectivity index (χ3n) is 3.47. The summed E-state index contributed by atoms with van der Waals surface area (Å²) in [5.74, 6) is -0.273. The zero-order chi connectivity index (χ0) is 15.4. The standard InChI is InChI=1S/C17H19FN2S/c1-3-20(15-7-4-12(2)5-8-15)11-13-10-14(18)6-9-16(13)17(19)21/h4-10H,3,11H2,1-2H3,(H2,19,21). The highest BCUT2D eigenvalue weighted by Crippen LogP contribution is 2.20. The average Bonchev–Trinajstić information content (AvgIpc) is 2.45. The number of halogens is 1. The van der Waals surface area contributed by atoms with Crippen molar-refractivity contribution in [1.82, 2.24) is 0 Å². The highest BCUT2D eigenvalue weighted by atomic mass is 32.1. The van der Waals surface area contributed by atoms with Crippen molar-refractivity contribution in [1.29, 1.82) is 0 Å². The predicted octanol–water partition coefficient (Wildman–Crippen LogP) is 3.79. The van der Waals surface area contributed by atoms with Gasteiger partial charge in [0.05, 0.1) is 0 Å². The van der Waals surface area contributed by atoms with E-state index in [4.69, 9.17) is 18.0 Å². The third-order valence-corrected chi connectivity index (χ3v) is 3.69. The summed E-state index contributed by atoms with van der Waals surface area (Å²) >= 11 is 5.05. The molecule has 0 amide bonds. The Labute approximate surface area is 130 Å². The largest absolute Gasteiger partial charge is 0.389 e. The Morgan fingerprint density at radius 2 is 1.86 bits per heavy atom. The van der Waals surface area contributed by atoms with Gasteiger partial charge in [-0.15, -0.1) is 0 Å². The number of benzene rings is 2. The van der Waals surface area contributed by atoms with Crippen LogP contribution in [-0.2, 0) is 6.54 Å². The van der Waals surface area contributed by atoms with Crippen LogP contribution in [0, 0.1) is 12.7 Å². The van der Waals surface area contributed by atoms with E-state index in [1.54, 1.807) is 6.07 Å². The topological polar surface area (TPSA) is 29.3 Å². The van der Waals surface area contributed by atoms with Gasteiger partial charge in [-0.05, 0) is 49.7 Å². The molecule has 4 heteroatoms. The second kappa shape index (κ2) is 6.68. The first kappa shape index (κ1) is 15.4. The van der Waals surface area contributed by atoms with Crippen molar-refractivity contribution < 1.29 is 4.39 Å². The summed E-state index contributed by atoms with van der Waals surface area (Å²) in [5.41, 5.74) is 9.59. The van der Waals surface area contributed by atoms with Crippen LogP contribution in [0.4, 0.5) is 10.1 Å². The Balaban J connectivity index is 2.32. The zero-order valence-electron chi connectivity index (χ0n) is 12.3. The molecule has 0 aliphatic rings. The van der Waals surface area contributed by atoms with Crippen LogP contribution in [0.5, 0.6) is 0 Å². The lowest BCUT2D eigenvalue weighted by atomic mass is 10.1. The molecule has 2 nitrogen and oxygen atoms in total. The summed E-state index contributed by atoms with van der Waals surface area (Å²) in [6.07, 6.45) is 0. The first-order valence-electron chi connectivity index (χ1n) is 6.91. The molecule has 110 valence electrons. The number of rotatable bonds is 5. The molecule has 0 aromatic heterocycles. The predicted molar refractivity (Wildman–Crippen MR) is 90.2 cm³/mol. The first-order chi connectivity index (χ1) is 10.0. The van der Waals surface area contributed by atoms with E-state index >= 15 is 0 Å². The van der Waals surface area contributed by atoms with E-state index in [0.29, 0.717) is 11.5 Å². The fourth-order valence-electron chi connectivity index (χ4n) is 2.28. The van der Waals surface area contributed by atoms with Gasteiger partial charge in [-0.1, -0.05) is 29.9 Å². The lowest BCUT2D eigenvalue weighted by Gasteiger charge is -2.24. The van der Waals surface area contributed by atoms with Crippen LogP contribution >= 0.6 is 12.2 Å². The minimum atomic E-state index is -0.273. The smallest absolute Gasteiger partial charge is 0.123 e. The molecule has 0 fully saturated rings. The lowest BCUT2D eigenvalue weighted by molar-refractivity contribution is 0.624. The molecule has 0 saturated carbocycles. The number of nitrogens with zero attached hydrogens (tertiary/aromatic N) is 1. The van der Waals surface area contributed by atoms with Gasteiger partial charge in [0.1, 0.15) is 10.8 Å². The molecular formula is C17H19FN2S. The van der Waals surface area contributed by atoms with E-state index < -0.39 is 0 Å². The van der Waals surface area contributed by atoms with Gasteiger partial charge in [0.15, 0.2) is 0 Å². The van der Waals surface area contributed by atoms with E-state index in [1.807, 2.05) is 0 Å². The van der Waals surface area contributed by atoms with E-state index in [-0.39, 0.29) is 5.82 Å². The molecule has 0 bridgehead atoms. The molecule has 2 aromatic rings. The molecule has 0 spiro atoms. The van der Waals surface area contributed by atoms with E-state index in [1.165, 1.54) is 17.7 Å². The van der Waals surface area contributed by atoms with Crippen LogP contribution in [0.15, 0.2) is 42.5 Å². The van der Waals surface area contributed by atoms with Gasteiger partial charge in [0, 0.05) is 24.3 Å². The van der Waals surface area contributed by atoms with Crippen molar-refractivity contribution in [2.24, 2.45) is 5.73 Å². The molecule has 0 atom stereocenters. The number of hydrogen-bond acceptors (Lipinski definition) is 2. The molecule has 0 aliphatic carbocycles. The van der Waals surface area contributed by atoms with Gasteiger partial charge in [0.2, 0.25) is 0 Å². The highest BCUT2D eigenvalue weighted by molar-refractivity contribution is 7.80. The Morgan fingerprint density at radius 3 is 2.43 bits per heavy atom. The minimum Gasteiger partial charge on any atom is -0.389 e. The number of nitrogens with two attached hydrogens (primary N) is 1. The minimum absolute atomic E-state index is 0.273. The molecule has 0 aliphatic heterocycles. The summed E-state index contributed by atoms with van der Waals surface area (Å²) in [6.45, 7) is 5.51. The fraction of sp³-hybridized carbons (Fsp3) is 0.235. The Hall–Kier alpha value is -1.94. The first-order valence-corrected chi connectivity index (χ1v) is 7.32. The van der Waals surface area contributed by atoms with E-state index in [2.05, 4.69) is 43.0 Å². The Morgan fingerprint density at radius 1 is 1.19 bits per heavy atom. The molecule has 0 saturated heterocycles. The highest BCUT2D eigenvalue weighted by Gasteiger charge is 2.11. The van der Waals surface area contributed by atoms with Crippen molar-refractivity contribution in [3.05, 3.63) is 65.0 Å². The zero-order valence-corrected chi connectivity index (χ0v) is 13.1. The number of thiocarbonyl (C=S) groups is 1. The molecule has 2 N–H and O–H groups in total. The van der Waals surface area contributed by atoms with E-state index in [9.17, 15) is 4.39 Å². The summed E-state index contributed by atoms with van der Waals surface area (Å²) in [4.78, 5) is 2.46. The molecular weight excluding hydrogens is 283 g/mol. The fourth-order valence-corrected chi connectivity index (χ4v) is 2.48. The van der Waals surface area contributed by atoms with E-state index in [0.717, 1.165) is 23.4 Å². The van der Waals surface area contributed by atoms with Gasteiger partial charge >= 0.3 is 0 Å². The van der Waals surface area contributed by atoms with Crippen LogP contribution in [0.25, 0.3) is 0 Å². The Kier molecular flexibility index (Phi) is 4.91. The maximum absolute atomic E-state index is 13.5. The number of hydrogen-bond donors (Lipinski definition) is 1. The van der Waals surface area contributed by atoms with Crippen LogP contribution in [-0.4, -0.2) is 11.5 Å². The summed E-state index contributed by atoms with van der Waals surface area (Å²) < 4.78 is 13.5. The van der Waals surface area contributed by atoms with Crippen molar-refractivity contribution in [3.8, 4) is 0 Å². The maximum Gasteiger partial charge on any atom is 0.123 e. The summed E-state index contributed by atoms with van der Waals surface area (Å²) in [5, 5.41) is 0. The monoisotopic (exact) mass is 302 g/mol. The summed E-state index contributed by atoms with van der Waals surface area (Å²) in [6, 6.07) is 12.8. The number of aryl methyl sites for hydroxylation is 1. The molecule has 21 heavy (non-hydrogen) atoms. The van der Waals surface area contributed by atoms with Crippen LogP contribution in [0.3, 0.4) is 0 Å². The molecule has 2 aromatic carbocycles. The molecule has 0 heterocycles. The van der Waals surface area contributed by atoms with Crippen molar-refractivity contribution >= 4 is 22.9 Å². The Bertz CT molecular complexity index is 638. The maximum atomic E-state index is 13.5. The van der Waals surface area contributed by atoms with Gasteiger partial charge in [-0.3, -0.25) is 0 Å². The number of anilines is 1. The second-order valence-corrected chi connectivity index (χ2v) is 5.46.